The maximum atomic E-state index is 5.55. The first-order valence-electron chi connectivity index (χ1n) is 3.43. The highest BCUT2D eigenvalue weighted by Crippen LogP contribution is 2.27. The van der Waals surface area contributed by atoms with Crippen molar-refractivity contribution < 1.29 is 0 Å². The van der Waals surface area contributed by atoms with Crippen LogP contribution in [0.1, 0.15) is 6.42 Å². The first-order valence-corrected chi connectivity index (χ1v) is 6.99. The normalized spacial score (nSPS) is 10.5. The van der Waals surface area contributed by atoms with Crippen molar-refractivity contribution >= 4 is 46.5 Å². The Bertz CT molecular complexity index is 228. The summed E-state index contributed by atoms with van der Waals surface area (Å²) in [4.78, 5) is 0. The van der Waals surface area contributed by atoms with Gasteiger partial charge in [-0.25, -0.2) is 0 Å². The van der Waals surface area contributed by atoms with Gasteiger partial charge in [-0.2, -0.15) is 0 Å². The van der Waals surface area contributed by atoms with Gasteiger partial charge in [-0.05, 0) is 12.7 Å². The molecule has 1 rings (SSSR count). The van der Waals surface area contributed by atoms with Crippen LogP contribution in [0.15, 0.2) is 8.68 Å². The van der Waals surface area contributed by atoms with E-state index in [1.165, 1.54) is 0 Å². The summed E-state index contributed by atoms with van der Waals surface area (Å²) in [5.74, 6) is 1.76. The zero-order chi connectivity index (χ0) is 8.81. The van der Waals surface area contributed by atoms with E-state index in [2.05, 4.69) is 10.2 Å². The third-order valence-electron chi connectivity index (χ3n) is 1.07. The third-order valence-corrected chi connectivity index (χ3v) is 4.45. The fourth-order valence-electron chi connectivity index (χ4n) is 0.552. The lowest BCUT2D eigenvalue weighted by atomic mass is 10.6. The van der Waals surface area contributed by atoms with E-state index in [9.17, 15) is 0 Å². The fourth-order valence-corrected chi connectivity index (χ4v) is 3.29. The summed E-state index contributed by atoms with van der Waals surface area (Å²) in [6.07, 6.45) is 3.04. The summed E-state index contributed by atoms with van der Waals surface area (Å²) < 4.78 is 2.08. The van der Waals surface area contributed by atoms with Crippen LogP contribution in [0.3, 0.4) is 0 Å². The second-order valence-electron chi connectivity index (χ2n) is 1.93. The number of alkyl halides is 1. The lowest BCUT2D eigenvalue weighted by Gasteiger charge is -1.90. The lowest BCUT2D eigenvalue weighted by Crippen LogP contribution is -1.79. The highest BCUT2D eigenvalue weighted by molar-refractivity contribution is 8.02. The smallest absolute Gasteiger partial charge is 0.131 e. The van der Waals surface area contributed by atoms with Crippen molar-refractivity contribution in [2.45, 2.75) is 15.1 Å². The molecule has 0 bridgehead atoms. The van der Waals surface area contributed by atoms with Gasteiger partial charge in [-0.3, -0.25) is 0 Å². The Morgan fingerprint density at radius 2 is 2.17 bits per heavy atom. The summed E-state index contributed by atoms with van der Waals surface area (Å²) in [5.41, 5.74) is 0. The highest BCUT2D eigenvalue weighted by atomic mass is 35.5. The van der Waals surface area contributed by atoms with Gasteiger partial charge in [0.15, 0.2) is 8.68 Å². The van der Waals surface area contributed by atoms with Gasteiger partial charge in [0, 0.05) is 11.6 Å². The van der Waals surface area contributed by atoms with Crippen molar-refractivity contribution in [1.29, 1.82) is 0 Å². The first kappa shape index (κ1) is 10.6. The largest absolute Gasteiger partial charge is 0.175 e. The predicted molar refractivity (Wildman–Crippen MR) is 57.8 cm³/mol. The molecule has 0 saturated heterocycles. The second kappa shape index (κ2) is 6.07. The van der Waals surface area contributed by atoms with Crippen LogP contribution in [-0.2, 0) is 0 Å². The van der Waals surface area contributed by atoms with Crippen LogP contribution in [0.4, 0.5) is 0 Å². The van der Waals surface area contributed by atoms with E-state index in [0.717, 1.165) is 26.7 Å². The third kappa shape index (κ3) is 3.51. The van der Waals surface area contributed by atoms with Gasteiger partial charge in [0.2, 0.25) is 0 Å². The molecule has 0 saturated carbocycles. The van der Waals surface area contributed by atoms with Crippen LogP contribution in [-0.4, -0.2) is 28.1 Å². The molecule has 1 aromatic heterocycles. The Morgan fingerprint density at radius 3 is 2.75 bits per heavy atom. The van der Waals surface area contributed by atoms with Crippen molar-refractivity contribution in [1.82, 2.24) is 10.2 Å². The minimum absolute atomic E-state index is 0.723. The molecule has 0 atom stereocenters. The maximum Gasteiger partial charge on any atom is 0.175 e. The molecule has 0 radical (unpaired) electrons. The van der Waals surface area contributed by atoms with Crippen LogP contribution in [0.5, 0.6) is 0 Å². The molecule has 1 aromatic rings. The Kier molecular flexibility index (Phi) is 5.38. The quantitative estimate of drug-likeness (QED) is 0.449. The van der Waals surface area contributed by atoms with Gasteiger partial charge in [0.05, 0.1) is 0 Å². The van der Waals surface area contributed by atoms with Crippen LogP contribution in [0, 0.1) is 0 Å². The van der Waals surface area contributed by atoms with Crippen molar-refractivity contribution in [2.75, 3.05) is 17.9 Å². The summed E-state index contributed by atoms with van der Waals surface area (Å²) in [6, 6.07) is 0. The Balaban J connectivity index is 2.31. The summed E-state index contributed by atoms with van der Waals surface area (Å²) >= 11 is 10.6. The van der Waals surface area contributed by atoms with Crippen LogP contribution < -0.4 is 0 Å². The maximum absolute atomic E-state index is 5.55. The van der Waals surface area contributed by atoms with Gasteiger partial charge in [-0.15, -0.1) is 21.8 Å². The molecule has 1 heterocycles. The lowest BCUT2D eigenvalue weighted by molar-refractivity contribution is 0.954. The van der Waals surface area contributed by atoms with E-state index >= 15 is 0 Å². The number of hydrogen-bond donors (Lipinski definition) is 0. The Labute approximate surface area is 89.5 Å². The highest BCUT2D eigenvalue weighted by Gasteiger charge is 2.02. The molecule has 0 aliphatic rings. The molecule has 68 valence electrons. The molecule has 0 aromatic carbocycles. The Morgan fingerprint density at radius 1 is 1.42 bits per heavy atom. The molecule has 12 heavy (non-hydrogen) atoms. The van der Waals surface area contributed by atoms with Gasteiger partial charge < -0.3 is 0 Å². The molecule has 0 N–H and O–H groups in total. The molecule has 0 spiro atoms. The van der Waals surface area contributed by atoms with E-state index in [0.29, 0.717) is 0 Å². The minimum Gasteiger partial charge on any atom is -0.131 e. The standard InChI is InChI=1S/C6H9ClN2S3/c1-10-5-8-9-6(12-5)11-4-2-3-7/h2-4H2,1H3. The molecule has 0 amide bonds. The van der Waals surface area contributed by atoms with E-state index in [1.807, 2.05) is 6.26 Å². The second-order valence-corrected chi connectivity index (χ2v) is 5.68. The van der Waals surface area contributed by atoms with Crippen molar-refractivity contribution in [3.05, 3.63) is 0 Å². The zero-order valence-corrected chi connectivity index (χ0v) is 9.82. The average Bonchev–Trinajstić information content (AvgIpc) is 2.53. The van der Waals surface area contributed by atoms with E-state index in [-0.39, 0.29) is 0 Å². The van der Waals surface area contributed by atoms with Crippen molar-refractivity contribution in [2.24, 2.45) is 0 Å². The van der Waals surface area contributed by atoms with Crippen molar-refractivity contribution in [3.8, 4) is 0 Å². The summed E-state index contributed by atoms with van der Waals surface area (Å²) in [6.45, 7) is 0. The fraction of sp³-hybridized carbons (Fsp3) is 0.667. The Hall–Kier alpha value is 0.550. The molecular weight excluding hydrogens is 232 g/mol. The minimum atomic E-state index is 0.723. The number of aromatic nitrogens is 2. The molecule has 0 aliphatic carbocycles. The van der Waals surface area contributed by atoms with Gasteiger partial charge in [0.25, 0.3) is 0 Å². The summed E-state index contributed by atoms with van der Waals surface area (Å²) in [7, 11) is 0. The van der Waals surface area contributed by atoms with E-state index < -0.39 is 0 Å². The molecule has 2 nitrogen and oxygen atoms in total. The van der Waals surface area contributed by atoms with E-state index in [1.54, 1.807) is 34.9 Å². The van der Waals surface area contributed by atoms with Crippen LogP contribution >= 0.6 is 46.5 Å². The van der Waals surface area contributed by atoms with Gasteiger partial charge in [-0.1, -0.05) is 34.9 Å². The van der Waals surface area contributed by atoms with Crippen LogP contribution in [0.25, 0.3) is 0 Å². The molecule has 0 unspecified atom stereocenters. The van der Waals surface area contributed by atoms with E-state index in [4.69, 9.17) is 11.6 Å². The SMILES string of the molecule is CSc1nnc(SCCCCl)s1. The topological polar surface area (TPSA) is 25.8 Å². The van der Waals surface area contributed by atoms with Crippen molar-refractivity contribution in [3.63, 3.8) is 0 Å². The zero-order valence-electron chi connectivity index (χ0n) is 6.62. The van der Waals surface area contributed by atoms with Gasteiger partial charge in [0.1, 0.15) is 0 Å². The number of rotatable bonds is 5. The molecular formula is C6H9ClN2S3. The number of halogens is 1. The number of hydrogen-bond acceptors (Lipinski definition) is 5. The molecule has 6 heteroatoms. The molecule has 0 aliphatic heterocycles. The van der Waals surface area contributed by atoms with Crippen LogP contribution in [0.2, 0.25) is 0 Å². The monoisotopic (exact) mass is 240 g/mol. The number of thioether (sulfide) groups is 2. The summed E-state index contributed by atoms with van der Waals surface area (Å²) in [5, 5.41) is 8.02. The first-order chi connectivity index (χ1) is 5.86. The average molecular weight is 241 g/mol. The number of nitrogens with zero attached hydrogens (tertiary/aromatic N) is 2. The predicted octanol–water partition coefficient (Wildman–Crippen LogP) is 2.98. The molecule has 0 fully saturated rings. The van der Waals surface area contributed by atoms with Gasteiger partial charge >= 0.3 is 0 Å².